The second-order valence-corrected chi connectivity index (χ2v) is 5.17. The predicted octanol–water partition coefficient (Wildman–Crippen LogP) is 1.78. The maximum absolute atomic E-state index is 13.1. The molecule has 0 radical (unpaired) electrons. The van der Waals surface area contributed by atoms with Crippen LogP contribution in [0.2, 0.25) is 0 Å². The highest BCUT2D eigenvalue weighted by Crippen LogP contribution is 2.39. The van der Waals surface area contributed by atoms with Gasteiger partial charge in [-0.05, 0) is 18.2 Å². The Morgan fingerprint density at radius 3 is 2.74 bits per heavy atom. The SMILES string of the molecule is O=CN1CCC2(CC1)CC(=O)c1cc(F)ccc1O2. The van der Waals surface area contributed by atoms with Crippen LogP contribution in [0.25, 0.3) is 0 Å². The van der Waals surface area contributed by atoms with Gasteiger partial charge in [-0.3, -0.25) is 9.59 Å². The molecule has 1 aromatic carbocycles. The lowest BCUT2D eigenvalue weighted by Crippen LogP contribution is -2.50. The van der Waals surface area contributed by atoms with Crippen molar-refractivity contribution in [1.82, 2.24) is 4.90 Å². The van der Waals surface area contributed by atoms with E-state index in [0.717, 1.165) is 6.41 Å². The maximum Gasteiger partial charge on any atom is 0.209 e. The van der Waals surface area contributed by atoms with Crippen molar-refractivity contribution >= 4 is 12.2 Å². The second-order valence-electron chi connectivity index (χ2n) is 5.17. The summed E-state index contributed by atoms with van der Waals surface area (Å²) < 4.78 is 19.1. The number of amides is 1. The fraction of sp³-hybridized carbons (Fsp3) is 0.429. The van der Waals surface area contributed by atoms with Crippen LogP contribution in [0.3, 0.4) is 0 Å². The molecule has 1 saturated heterocycles. The lowest BCUT2D eigenvalue weighted by molar-refractivity contribution is -0.121. The molecule has 100 valence electrons. The normalized spacial score (nSPS) is 20.9. The number of carbonyl (C=O) groups is 2. The van der Waals surface area contributed by atoms with Crippen LogP contribution >= 0.6 is 0 Å². The van der Waals surface area contributed by atoms with Crippen LogP contribution in [0.15, 0.2) is 18.2 Å². The Kier molecular flexibility index (Phi) is 2.77. The summed E-state index contributed by atoms with van der Waals surface area (Å²) in [5, 5.41) is 0. The first kappa shape index (κ1) is 12.1. The highest BCUT2D eigenvalue weighted by Gasteiger charge is 2.42. The molecule has 3 rings (SSSR count). The van der Waals surface area contributed by atoms with E-state index in [-0.39, 0.29) is 12.2 Å². The average molecular weight is 263 g/mol. The summed E-state index contributed by atoms with van der Waals surface area (Å²) in [5.41, 5.74) is -0.204. The van der Waals surface area contributed by atoms with E-state index in [1.807, 2.05) is 0 Å². The molecule has 0 bridgehead atoms. The van der Waals surface area contributed by atoms with Crippen LogP contribution < -0.4 is 4.74 Å². The first-order chi connectivity index (χ1) is 9.12. The lowest BCUT2D eigenvalue weighted by Gasteiger charge is -2.43. The standard InChI is InChI=1S/C14H14FNO3/c15-10-1-2-13-11(7-10)12(18)8-14(19-13)3-5-16(9-17)6-4-14/h1-2,7,9H,3-6,8H2. The molecule has 0 aliphatic carbocycles. The number of likely N-dealkylation sites (tertiary alicyclic amines) is 1. The summed E-state index contributed by atoms with van der Waals surface area (Å²) in [6.45, 7) is 1.18. The monoisotopic (exact) mass is 263 g/mol. The third-order valence-corrected chi connectivity index (χ3v) is 3.91. The molecule has 19 heavy (non-hydrogen) atoms. The molecular formula is C14H14FNO3. The Morgan fingerprint density at radius 2 is 2.05 bits per heavy atom. The molecule has 1 fully saturated rings. The Labute approximate surface area is 110 Å². The van der Waals surface area contributed by atoms with Gasteiger partial charge in [-0.15, -0.1) is 0 Å². The zero-order chi connectivity index (χ0) is 13.5. The number of Topliss-reactive ketones (excluding diaryl/α,β-unsaturated/α-hetero) is 1. The average Bonchev–Trinajstić information content (AvgIpc) is 2.41. The minimum atomic E-state index is -0.526. The Balaban J connectivity index is 1.87. The van der Waals surface area contributed by atoms with Gasteiger partial charge in [0.15, 0.2) is 5.78 Å². The minimum absolute atomic E-state index is 0.0831. The van der Waals surface area contributed by atoms with Gasteiger partial charge in [0, 0.05) is 25.9 Å². The van der Waals surface area contributed by atoms with Crippen LogP contribution in [0.4, 0.5) is 4.39 Å². The number of benzene rings is 1. The Hall–Kier alpha value is -1.91. The van der Waals surface area contributed by atoms with Crippen molar-refractivity contribution in [2.24, 2.45) is 0 Å². The first-order valence-electron chi connectivity index (χ1n) is 6.33. The van der Waals surface area contributed by atoms with E-state index in [0.29, 0.717) is 37.2 Å². The third kappa shape index (κ3) is 2.09. The highest BCUT2D eigenvalue weighted by molar-refractivity contribution is 6.00. The molecule has 2 heterocycles. The minimum Gasteiger partial charge on any atom is -0.486 e. The third-order valence-electron chi connectivity index (χ3n) is 3.91. The van der Waals surface area contributed by atoms with E-state index >= 15 is 0 Å². The number of ether oxygens (including phenoxy) is 1. The van der Waals surface area contributed by atoms with E-state index < -0.39 is 11.4 Å². The molecule has 0 N–H and O–H groups in total. The molecule has 0 unspecified atom stereocenters. The molecule has 0 aromatic heterocycles. The number of rotatable bonds is 1. The summed E-state index contributed by atoms with van der Waals surface area (Å²) in [7, 11) is 0. The van der Waals surface area contributed by atoms with Crippen molar-refractivity contribution in [3.8, 4) is 5.75 Å². The molecule has 2 aliphatic rings. The van der Waals surface area contributed by atoms with Crippen molar-refractivity contribution in [2.45, 2.75) is 24.9 Å². The second kappa shape index (κ2) is 4.33. The largest absolute Gasteiger partial charge is 0.486 e. The van der Waals surface area contributed by atoms with E-state index in [4.69, 9.17) is 4.74 Å². The van der Waals surface area contributed by atoms with Crippen LogP contribution in [0, 0.1) is 5.82 Å². The van der Waals surface area contributed by atoms with E-state index in [2.05, 4.69) is 0 Å². The van der Waals surface area contributed by atoms with Gasteiger partial charge in [-0.2, -0.15) is 0 Å². The van der Waals surface area contributed by atoms with Crippen molar-refractivity contribution in [2.75, 3.05) is 13.1 Å². The number of ketones is 1. The number of piperidine rings is 1. The molecule has 4 nitrogen and oxygen atoms in total. The molecular weight excluding hydrogens is 249 g/mol. The number of carbonyl (C=O) groups excluding carboxylic acids is 2. The van der Waals surface area contributed by atoms with Crippen molar-refractivity contribution in [1.29, 1.82) is 0 Å². The molecule has 1 aromatic rings. The summed E-state index contributed by atoms with van der Waals surface area (Å²) in [4.78, 5) is 24.5. The zero-order valence-corrected chi connectivity index (χ0v) is 10.4. The van der Waals surface area contributed by atoms with Crippen LogP contribution in [-0.4, -0.2) is 35.8 Å². The summed E-state index contributed by atoms with van der Waals surface area (Å²) >= 11 is 0. The molecule has 1 spiro atoms. The van der Waals surface area contributed by atoms with Gasteiger partial charge in [-0.1, -0.05) is 0 Å². The van der Waals surface area contributed by atoms with Crippen LogP contribution in [0.1, 0.15) is 29.6 Å². The van der Waals surface area contributed by atoms with Gasteiger partial charge in [0.2, 0.25) is 6.41 Å². The number of hydrogen-bond acceptors (Lipinski definition) is 3. The molecule has 1 amide bonds. The van der Waals surface area contributed by atoms with Crippen molar-refractivity contribution in [3.63, 3.8) is 0 Å². The van der Waals surface area contributed by atoms with Crippen molar-refractivity contribution < 1.29 is 18.7 Å². The van der Waals surface area contributed by atoms with Crippen molar-refractivity contribution in [3.05, 3.63) is 29.6 Å². The Bertz CT molecular complexity index is 535. The first-order valence-corrected chi connectivity index (χ1v) is 6.33. The van der Waals surface area contributed by atoms with Gasteiger partial charge in [0.05, 0.1) is 12.0 Å². The number of hydrogen-bond donors (Lipinski definition) is 0. The van der Waals surface area contributed by atoms with Gasteiger partial charge < -0.3 is 9.64 Å². The van der Waals surface area contributed by atoms with E-state index in [1.54, 1.807) is 4.90 Å². The van der Waals surface area contributed by atoms with Crippen LogP contribution in [-0.2, 0) is 4.79 Å². The van der Waals surface area contributed by atoms with E-state index in [1.165, 1.54) is 18.2 Å². The summed E-state index contributed by atoms with van der Waals surface area (Å²) in [5.74, 6) is -0.0556. The number of fused-ring (bicyclic) bond motifs is 1. The lowest BCUT2D eigenvalue weighted by atomic mass is 9.82. The molecule has 0 saturated carbocycles. The van der Waals surface area contributed by atoms with E-state index in [9.17, 15) is 14.0 Å². The number of halogens is 1. The fourth-order valence-corrected chi connectivity index (χ4v) is 2.78. The topological polar surface area (TPSA) is 46.6 Å². The summed E-state index contributed by atoms with van der Waals surface area (Å²) in [6, 6.07) is 4.03. The summed E-state index contributed by atoms with van der Waals surface area (Å²) in [6.07, 6.45) is 2.35. The molecule has 0 atom stereocenters. The quantitative estimate of drug-likeness (QED) is 0.726. The highest BCUT2D eigenvalue weighted by atomic mass is 19.1. The van der Waals surface area contributed by atoms with Crippen LogP contribution in [0.5, 0.6) is 5.75 Å². The predicted molar refractivity (Wildman–Crippen MR) is 65.6 cm³/mol. The fourth-order valence-electron chi connectivity index (χ4n) is 2.78. The van der Waals surface area contributed by atoms with Gasteiger partial charge in [-0.25, -0.2) is 4.39 Å². The zero-order valence-electron chi connectivity index (χ0n) is 10.4. The van der Waals surface area contributed by atoms with Gasteiger partial charge >= 0.3 is 0 Å². The maximum atomic E-state index is 13.1. The Morgan fingerprint density at radius 1 is 1.32 bits per heavy atom. The smallest absolute Gasteiger partial charge is 0.209 e. The molecule has 5 heteroatoms. The van der Waals surface area contributed by atoms with Gasteiger partial charge in [0.1, 0.15) is 17.2 Å². The molecule has 2 aliphatic heterocycles. The number of nitrogens with zero attached hydrogens (tertiary/aromatic N) is 1. The van der Waals surface area contributed by atoms with Gasteiger partial charge in [0.25, 0.3) is 0 Å².